The lowest BCUT2D eigenvalue weighted by Gasteiger charge is -2.30. The summed E-state index contributed by atoms with van der Waals surface area (Å²) in [6.07, 6.45) is 2.15. The van der Waals surface area contributed by atoms with Crippen molar-refractivity contribution in [3.63, 3.8) is 0 Å². The Bertz CT molecular complexity index is 630. The lowest BCUT2D eigenvalue weighted by Crippen LogP contribution is -2.58. The van der Waals surface area contributed by atoms with Crippen LogP contribution in [-0.2, 0) is 19.2 Å². The Kier molecular flexibility index (Phi) is 10.6. The van der Waals surface area contributed by atoms with Crippen LogP contribution in [0.2, 0.25) is 0 Å². The van der Waals surface area contributed by atoms with Crippen molar-refractivity contribution >= 4 is 35.5 Å². The van der Waals surface area contributed by atoms with Gasteiger partial charge in [-0.05, 0) is 44.1 Å². The number of hydrogen-bond donors (Lipinski definition) is 5. The number of carbonyl (C=O) groups excluding carboxylic acids is 3. The molecule has 5 unspecified atom stereocenters. The Morgan fingerprint density at radius 2 is 1.83 bits per heavy atom. The summed E-state index contributed by atoms with van der Waals surface area (Å²) >= 11 is 1.51. The third kappa shape index (κ3) is 7.13. The average Bonchev–Trinajstić information content (AvgIpc) is 3.16. The maximum atomic E-state index is 13.2. The van der Waals surface area contributed by atoms with E-state index in [9.17, 15) is 29.4 Å². The van der Waals surface area contributed by atoms with Gasteiger partial charge in [-0.3, -0.25) is 14.4 Å². The van der Waals surface area contributed by atoms with Crippen LogP contribution in [0.5, 0.6) is 0 Å². The van der Waals surface area contributed by atoms with Gasteiger partial charge < -0.3 is 31.5 Å². The number of thioether (sulfide) groups is 1. The van der Waals surface area contributed by atoms with E-state index in [-0.39, 0.29) is 5.92 Å². The van der Waals surface area contributed by atoms with Crippen LogP contribution in [0.15, 0.2) is 0 Å². The van der Waals surface area contributed by atoms with Crippen LogP contribution in [0.4, 0.5) is 0 Å². The van der Waals surface area contributed by atoms with Gasteiger partial charge >= 0.3 is 5.97 Å². The van der Waals surface area contributed by atoms with Gasteiger partial charge in [0.05, 0.1) is 6.10 Å². The fraction of sp³-hybridized carbons (Fsp3) is 0.789. The highest BCUT2D eigenvalue weighted by Gasteiger charge is 2.39. The van der Waals surface area contributed by atoms with Crippen molar-refractivity contribution in [2.24, 2.45) is 11.7 Å². The molecule has 0 spiro atoms. The molecule has 30 heavy (non-hydrogen) atoms. The van der Waals surface area contributed by atoms with Crippen LogP contribution in [0.25, 0.3) is 0 Å². The minimum atomic E-state index is -1.17. The first kappa shape index (κ1) is 26.2. The molecule has 172 valence electrons. The van der Waals surface area contributed by atoms with E-state index in [4.69, 9.17) is 5.73 Å². The summed E-state index contributed by atoms with van der Waals surface area (Å²) in [6.45, 7) is 5.11. The highest BCUT2D eigenvalue weighted by molar-refractivity contribution is 7.98. The molecule has 1 saturated heterocycles. The second-order valence-electron chi connectivity index (χ2n) is 7.87. The number of nitrogens with zero attached hydrogens (tertiary/aromatic N) is 1. The van der Waals surface area contributed by atoms with Gasteiger partial charge in [0, 0.05) is 6.54 Å². The van der Waals surface area contributed by atoms with E-state index in [1.807, 2.05) is 6.26 Å². The van der Waals surface area contributed by atoms with Crippen molar-refractivity contribution in [2.45, 2.75) is 70.3 Å². The predicted octanol–water partition coefficient (Wildman–Crippen LogP) is -0.851. The molecule has 0 aromatic rings. The van der Waals surface area contributed by atoms with E-state index < -0.39 is 54.0 Å². The standard InChI is InChI=1S/C19H34N4O6S/c1-10(2)15(19(28)29)22-16(25)13-6-5-8-23(13)18(27)12(7-9-30-4)21-17(26)14(20)11(3)24/h10-15,24H,5-9,20H2,1-4H3,(H,21,26)(H,22,25)(H,28,29). The molecule has 1 fully saturated rings. The molecule has 1 aliphatic rings. The molecular formula is C19H34N4O6S. The quantitative estimate of drug-likeness (QED) is 0.274. The first-order chi connectivity index (χ1) is 14.0. The number of hydrogen-bond acceptors (Lipinski definition) is 7. The molecule has 6 N–H and O–H groups in total. The van der Waals surface area contributed by atoms with Crippen molar-refractivity contribution in [1.82, 2.24) is 15.5 Å². The van der Waals surface area contributed by atoms with Gasteiger partial charge in [-0.1, -0.05) is 13.8 Å². The van der Waals surface area contributed by atoms with Crippen molar-refractivity contribution in [2.75, 3.05) is 18.6 Å². The fourth-order valence-electron chi connectivity index (χ4n) is 3.25. The molecule has 1 heterocycles. The van der Waals surface area contributed by atoms with Crippen LogP contribution in [-0.4, -0.2) is 87.6 Å². The number of carbonyl (C=O) groups is 4. The summed E-state index contributed by atoms with van der Waals surface area (Å²) in [5, 5.41) is 24.0. The number of likely N-dealkylation sites (tertiary alicyclic amines) is 1. The van der Waals surface area contributed by atoms with E-state index in [1.54, 1.807) is 13.8 Å². The molecular weight excluding hydrogens is 412 g/mol. The van der Waals surface area contributed by atoms with Gasteiger partial charge in [0.25, 0.3) is 0 Å². The smallest absolute Gasteiger partial charge is 0.326 e. The second-order valence-corrected chi connectivity index (χ2v) is 8.85. The van der Waals surface area contributed by atoms with Crippen LogP contribution in [0, 0.1) is 5.92 Å². The number of nitrogens with two attached hydrogens (primary N) is 1. The van der Waals surface area contributed by atoms with Gasteiger partial charge in [0.15, 0.2) is 0 Å². The van der Waals surface area contributed by atoms with Crippen LogP contribution < -0.4 is 16.4 Å². The number of carboxylic acids is 1. The maximum absolute atomic E-state index is 13.2. The predicted molar refractivity (Wildman–Crippen MR) is 114 cm³/mol. The molecule has 5 atom stereocenters. The molecule has 0 aromatic carbocycles. The van der Waals surface area contributed by atoms with E-state index in [0.717, 1.165) is 0 Å². The summed E-state index contributed by atoms with van der Waals surface area (Å²) in [4.78, 5) is 50.9. The van der Waals surface area contributed by atoms with Gasteiger partial charge in [-0.15, -0.1) is 0 Å². The van der Waals surface area contributed by atoms with E-state index in [0.29, 0.717) is 31.6 Å². The number of amides is 3. The van der Waals surface area contributed by atoms with Crippen LogP contribution >= 0.6 is 11.8 Å². The molecule has 0 aliphatic carbocycles. The molecule has 10 nitrogen and oxygen atoms in total. The van der Waals surface area contributed by atoms with E-state index in [1.165, 1.54) is 23.6 Å². The molecule has 11 heteroatoms. The van der Waals surface area contributed by atoms with Crippen molar-refractivity contribution in [3.05, 3.63) is 0 Å². The lowest BCUT2D eigenvalue weighted by atomic mass is 10.0. The zero-order chi connectivity index (χ0) is 23.0. The first-order valence-corrected chi connectivity index (χ1v) is 11.5. The number of aliphatic hydroxyl groups is 1. The zero-order valence-corrected chi connectivity index (χ0v) is 18.8. The Labute approximate surface area is 181 Å². The zero-order valence-electron chi connectivity index (χ0n) is 18.0. The second kappa shape index (κ2) is 12.1. The average molecular weight is 447 g/mol. The molecule has 0 saturated carbocycles. The first-order valence-electron chi connectivity index (χ1n) is 10.1. The monoisotopic (exact) mass is 446 g/mol. The maximum Gasteiger partial charge on any atom is 0.326 e. The van der Waals surface area contributed by atoms with Crippen molar-refractivity contribution in [3.8, 4) is 0 Å². The number of aliphatic carboxylic acids is 1. The fourth-order valence-corrected chi connectivity index (χ4v) is 3.72. The number of nitrogens with one attached hydrogen (secondary N) is 2. The van der Waals surface area contributed by atoms with Gasteiger partial charge in [0.1, 0.15) is 24.2 Å². The number of rotatable bonds is 11. The normalized spacial score (nSPS) is 20.4. The van der Waals surface area contributed by atoms with Gasteiger partial charge in [0.2, 0.25) is 17.7 Å². The minimum absolute atomic E-state index is 0.312. The molecule has 0 radical (unpaired) electrons. The summed E-state index contributed by atoms with van der Waals surface area (Å²) in [6, 6.07) is -3.90. The number of aliphatic hydroxyl groups excluding tert-OH is 1. The molecule has 1 aliphatic heterocycles. The van der Waals surface area contributed by atoms with E-state index in [2.05, 4.69) is 10.6 Å². The van der Waals surface area contributed by atoms with E-state index >= 15 is 0 Å². The minimum Gasteiger partial charge on any atom is -0.480 e. The van der Waals surface area contributed by atoms with Crippen molar-refractivity contribution in [1.29, 1.82) is 0 Å². The lowest BCUT2D eigenvalue weighted by molar-refractivity contribution is -0.145. The molecule has 0 bridgehead atoms. The SMILES string of the molecule is CSCCC(NC(=O)C(N)C(C)O)C(=O)N1CCCC1C(=O)NC(C(=O)O)C(C)C. The summed E-state index contributed by atoms with van der Waals surface area (Å²) in [5.41, 5.74) is 5.67. The topological polar surface area (TPSA) is 162 Å². The number of carboxylic acid groups (broad SMARTS) is 1. The van der Waals surface area contributed by atoms with Gasteiger partial charge in [-0.25, -0.2) is 4.79 Å². The largest absolute Gasteiger partial charge is 0.480 e. The third-order valence-electron chi connectivity index (χ3n) is 5.12. The van der Waals surface area contributed by atoms with Crippen molar-refractivity contribution < 1.29 is 29.4 Å². The Morgan fingerprint density at radius 1 is 1.20 bits per heavy atom. The van der Waals surface area contributed by atoms with Crippen LogP contribution in [0.3, 0.4) is 0 Å². The Balaban J connectivity index is 2.94. The summed E-state index contributed by atoms with van der Waals surface area (Å²) in [5.74, 6) is -2.42. The highest BCUT2D eigenvalue weighted by Crippen LogP contribution is 2.20. The molecule has 1 rings (SSSR count). The van der Waals surface area contributed by atoms with Gasteiger partial charge in [-0.2, -0.15) is 11.8 Å². The molecule has 3 amide bonds. The third-order valence-corrected chi connectivity index (χ3v) is 5.76. The summed E-state index contributed by atoms with van der Waals surface area (Å²) in [7, 11) is 0. The molecule has 0 aromatic heterocycles. The highest BCUT2D eigenvalue weighted by atomic mass is 32.2. The Morgan fingerprint density at radius 3 is 2.33 bits per heavy atom. The Hall–Kier alpha value is -1.85. The summed E-state index contributed by atoms with van der Waals surface area (Å²) < 4.78 is 0. The van der Waals surface area contributed by atoms with Crippen LogP contribution in [0.1, 0.15) is 40.0 Å².